The Balaban J connectivity index is 2.23. The number of hydrogen-bond donors (Lipinski definition) is 1. The van der Waals surface area contributed by atoms with E-state index in [0.717, 1.165) is 43.1 Å². The minimum absolute atomic E-state index is 0.245. The van der Waals surface area contributed by atoms with E-state index in [-0.39, 0.29) is 12.0 Å². The first-order valence-corrected chi connectivity index (χ1v) is 9.90. The largest absolute Gasteiger partial charge is 0.598 e. The van der Waals surface area contributed by atoms with Gasteiger partial charge in [0, 0.05) is 16.2 Å². The fourth-order valence-corrected chi connectivity index (χ4v) is 4.82. The van der Waals surface area contributed by atoms with Crippen LogP contribution in [-0.4, -0.2) is 9.30 Å². The van der Waals surface area contributed by atoms with Crippen LogP contribution in [0.4, 0.5) is 13.2 Å². The van der Waals surface area contributed by atoms with Crippen molar-refractivity contribution in [1.82, 2.24) is 4.72 Å². The smallest absolute Gasteiger partial charge is 0.425 e. The molecule has 0 radical (unpaired) electrons. The third kappa shape index (κ3) is 5.11. The maximum Gasteiger partial charge on any atom is 0.425 e. The van der Waals surface area contributed by atoms with Crippen molar-refractivity contribution < 1.29 is 17.7 Å². The number of halogens is 3. The summed E-state index contributed by atoms with van der Waals surface area (Å²) in [5, 5.41) is 0. The van der Waals surface area contributed by atoms with Crippen molar-refractivity contribution in [3.8, 4) is 0 Å². The lowest BCUT2D eigenvalue weighted by molar-refractivity contribution is -0.134. The molecule has 1 unspecified atom stereocenters. The van der Waals surface area contributed by atoms with E-state index in [0.29, 0.717) is 4.88 Å². The lowest BCUT2D eigenvalue weighted by Crippen LogP contribution is -2.43. The standard InChI is InChI=1S/C16H24F3NOS2/c1-15(2,3)23(21)20-14(11-7-5-4-6-8-11)12-9-10-13(22-12)16(17,18)19/h9-11,14,20H,4-8H2,1-3H3/t14-,23?/m0/s1. The molecule has 1 saturated carbocycles. The summed E-state index contributed by atoms with van der Waals surface area (Å²) in [5.41, 5.74) is 0. The van der Waals surface area contributed by atoms with Gasteiger partial charge in [-0.2, -0.15) is 13.2 Å². The molecule has 1 heterocycles. The molecule has 0 bridgehead atoms. The summed E-state index contributed by atoms with van der Waals surface area (Å²) in [5.74, 6) is 0.245. The molecule has 23 heavy (non-hydrogen) atoms. The maximum absolute atomic E-state index is 12.9. The zero-order chi connectivity index (χ0) is 17.3. The van der Waals surface area contributed by atoms with Crippen molar-refractivity contribution in [1.29, 1.82) is 0 Å². The predicted molar refractivity (Wildman–Crippen MR) is 89.7 cm³/mol. The van der Waals surface area contributed by atoms with Crippen LogP contribution in [0.3, 0.4) is 0 Å². The summed E-state index contributed by atoms with van der Waals surface area (Å²) in [6.07, 6.45) is 0.967. The number of alkyl halides is 3. The summed E-state index contributed by atoms with van der Waals surface area (Å²) < 4.78 is 53.8. The molecule has 132 valence electrons. The highest BCUT2D eigenvalue weighted by atomic mass is 32.2. The SMILES string of the molecule is CC(C)(C)[S+]([O-])N[C@H](c1ccc(C(F)(F)F)s1)C1CCCCC1. The van der Waals surface area contributed by atoms with E-state index in [1.807, 2.05) is 20.8 Å². The van der Waals surface area contributed by atoms with Crippen molar-refractivity contribution in [2.45, 2.75) is 69.8 Å². The van der Waals surface area contributed by atoms with Crippen LogP contribution in [0.1, 0.15) is 68.7 Å². The van der Waals surface area contributed by atoms with E-state index >= 15 is 0 Å². The Bertz CT molecular complexity index is 504. The second-order valence-electron chi connectivity index (χ2n) is 7.07. The molecule has 0 saturated heterocycles. The molecule has 0 aliphatic heterocycles. The Labute approximate surface area is 143 Å². The fraction of sp³-hybridized carbons (Fsp3) is 0.750. The van der Waals surface area contributed by atoms with Crippen LogP contribution in [-0.2, 0) is 17.5 Å². The van der Waals surface area contributed by atoms with Crippen molar-refractivity contribution in [3.05, 3.63) is 21.9 Å². The minimum Gasteiger partial charge on any atom is -0.598 e. The van der Waals surface area contributed by atoms with Crippen LogP contribution in [0.25, 0.3) is 0 Å². The molecular weight excluding hydrogens is 343 g/mol. The van der Waals surface area contributed by atoms with Crippen LogP contribution in [0, 0.1) is 5.92 Å². The molecule has 0 amide bonds. The molecule has 1 N–H and O–H groups in total. The molecule has 1 aromatic heterocycles. The normalized spacial score (nSPS) is 20.5. The van der Waals surface area contributed by atoms with Gasteiger partial charge in [0.2, 0.25) is 0 Å². The van der Waals surface area contributed by atoms with Gasteiger partial charge in [-0.3, -0.25) is 0 Å². The van der Waals surface area contributed by atoms with Gasteiger partial charge < -0.3 is 4.55 Å². The molecule has 1 aliphatic rings. The zero-order valence-corrected chi connectivity index (χ0v) is 15.3. The number of thiophene rings is 1. The molecule has 1 aromatic rings. The van der Waals surface area contributed by atoms with Gasteiger partial charge in [-0.15, -0.1) is 16.1 Å². The first-order valence-electron chi connectivity index (χ1n) is 7.94. The summed E-state index contributed by atoms with van der Waals surface area (Å²) >= 11 is -0.534. The second kappa shape index (κ2) is 7.33. The molecule has 2 atom stereocenters. The minimum atomic E-state index is -4.32. The molecule has 7 heteroatoms. The average molecular weight is 368 g/mol. The van der Waals surface area contributed by atoms with Gasteiger partial charge in [-0.25, -0.2) is 0 Å². The average Bonchev–Trinajstić information content (AvgIpc) is 2.94. The van der Waals surface area contributed by atoms with Crippen LogP contribution in [0.5, 0.6) is 0 Å². The van der Waals surface area contributed by atoms with Crippen molar-refractivity contribution in [3.63, 3.8) is 0 Å². The van der Waals surface area contributed by atoms with E-state index in [1.165, 1.54) is 6.42 Å². The van der Waals surface area contributed by atoms with Gasteiger partial charge in [0.25, 0.3) is 0 Å². The summed E-state index contributed by atoms with van der Waals surface area (Å²) in [7, 11) is 0. The second-order valence-corrected chi connectivity index (χ2v) is 10.2. The van der Waals surface area contributed by atoms with E-state index in [4.69, 9.17) is 0 Å². The highest BCUT2D eigenvalue weighted by Crippen LogP contribution is 2.42. The van der Waals surface area contributed by atoms with Gasteiger partial charge in [0.1, 0.15) is 9.62 Å². The maximum atomic E-state index is 12.9. The fourth-order valence-electron chi connectivity index (χ4n) is 2.82. The van der Waals surface area contributed by atoms with Gasteiger partial charge in [0.15, 0.2) is 0 Å². The Morgan fingerprint density at radius 2 is 1.78 bits per heavy atom. The summed E-state index contributed by atoms with van der Waals surface area (Å²) in [4.78, 5) is 0.0541. The molecule has 1 fully saturated rings. The third-order valence-electron chi connectivity index (χ3n) is 4.12. The molecule has 0 spiro atoms. The highest BCUT2D eigenvalue weighted by Gasteiger charge is 2.37. The van der Waals surface area contributed by atoms with Gasteiger partial charge in [-0.05, 0) is 51.7 Å². The quantitative estimate of drug-likeness (QED) is 0.719. The molecule has 2 rings (SSSR count). The van der Waals surface area contributed by atoms with Gasteiger partial charge >= 0.3 is 6.18 Å². The first-order chi connectivity index (χ1) is 10.6. The van der Waals surface area contributed by atoms with E-state index in [1.54, 1.807) is 6.07 Å². The summed E-state index contributed by atoms with van der Waals surface area (Å²) in [6, 6.07) is 2.41. The first kappa shape index (κ1) is 19.1. The predicted octanol–water partition coefficient (Wildman–Crippen LogP) is 5.44. The molecule has 2 nitrogen and oxygen atoms in total. The number of hydrogen-bond acceptors (Lipinski definition) is 3. The van der Waals surface area contributed by atoms with Gasteiger partial charge in [-0.1, -0.05) is 19.3 Å². The Hall–Kier alpha value is -0.240. The topological polar surface area (TPSA) is 35.1 Å². The third-order valence-corrected chi connectivity index (χ3v) is 6.92. The van der Waals surface area contributed by atoms with E-state index < -0.39 is 27.2 Å². The Morgan fingerprint density at radius 1 is 1.17 bits per heavy atom. The molecule has 1 aliphatic carbocycles. The Kier molecular flexibility index (Phi) is 6.09. The van der Waals surface area contributed by atoms with Crippen molar-refractivity contribution in [2.75, 3.05) is 0 Å². The van der Waals surface area contributed by atoms with E-state index in [9.17, 15) is 17.7 Å². The van der Waals surface area contributed by atoms with Crippen LogP contribution in [0.2, 0.25) is 0 Å². The number of rotatable bonds is 4. The van der Waals surface area contributed by atoms with E-state index in [2.05, 4.69) is 4.72 Å². The lowest BCUT2D eigenvalue weighted by Gasteiger charge is -2.33. The van der Waals surface area contributed by atoms with Crippen LogP contribution in [0.15, 0.2) is 12.1 Å². The summed E-state index contributed by atoms with van der Waals surface area (Å²) in [6.45, 7) is 5.59. The lowest BCUT2D eigenvalue weighted by atomic mass is 9.84. The van der Waals surface area contributed by atoms with Crippen molar-refractivity contribution in [2.24, 2.45) is 5.92 Å². The monoisotopic (exact) mass is 367 g/mol. The zero-order valence-electron chi connectivity index (χ0n) is 13.7. The number of nitrogens with one attached hydrogen (secondary N) is 1. The highest BCUT2D eigenvalue weighted by molar-refractivity contribution is 7.90. The van der Waals surface area contributed by atoms with Gasteiger partial charge in [0.05, 0.1) is 6.04 Å². The molecular formula is C16H24F3NOS2. The van der Waals surface area contributed by atoms with Crippen molar-refractivity contribution >= 4 is 22.7 Å². The molecule has 0 aromatic carbocycles. The Morgan fingerprint density at radius 3 is 2.26 bits per heavy atom. The van der Waals surface area contributed by atoms with Crippen LogP contribution >= 0.6 is 11.3 Å². The van der Waals surface area contributed by atoms with Crippen LogP contribution < -0.4 is 4.72 Å².